The number of benzene rings is 1. The van der Waals surface area contributed by atoms with E-state index in [1.807, 2.05) is 24.3 Å². The smallest absolute Gasteiger partial charge is 0.251 e. The number of hydrogen-bond acceptors (Lipinski definition) is 3. The average molecular weight is 289 g/mol. The number of aliphatic hydroxyl groups is 2. The Labute approximate surface area is 125 Å². The summed E-state index contributed by atoms with van der Waals surface area (Å²) in [6, 6.07) is 7.67. The lowest BCUT2D eigenvalue weighted by Gasteiger charge is -2.29. The number of aryl methyl sites for hydroxylation is 1. The van der Waals surface area contributed by atoms with Crippen molar-refractivity contribution >= 4 is 5.91 Å². The number of amides is 1. The predicted octanol–water partition coefficient (Wildman–Crippen LogP) is 1.36. The minimum Gasteiger partial charge on any atom is -0.390 e. The molecule has 1 amide bonds. The van der Waals surface area contributed by atoms with Crippen molar-refractivity contribution in [3.8, 4) is 0 Å². The van der Waals surface area contributed by atoms with Crippen LogP contribution < -0.4 is 5.32 Å². The molecule has 4 heteroatoms. The van der Waals surface area contributed by atoms with E-state index in [4.69, 9.17) is 0 Å². The normalized spacial score (nSPS) is 34.1. The summed E-state index contributed by atoms with van der Waals surface area (Å²) in [6.07, 6.45) is 1.57. The van der Waals surface area contributed by atoms with Crippen LogP contribution in [0.3, 0.4) is 0 Å². The molecule has 2 aliphatic carbocycles. The summed E-state index contributed by atoms with van der Waals surface area (Å²) in [5.41, 5.74) is 1.90. The lowest BCUT2D eigenvalue weighted by atomic mass is 9.85. The zero-order valence-corrected chi connectivity index (χ0v) is 12.3. The maximum atomic E-state index is 12.1. The van der Waals surface area contributed by atoms with Gasteiger partial charge in [-0.15, -0.1) is 0 Å². The lowest BCUT2D eigenvalue weighted by Crippen LogP contribution is -2.41. The van der Waals surface area contributed by atoms with Crippen LogP contribution >= 0.6 is 0 Å². The Hall–Kier alpha value is -1.39. The molecule has 2 bridgehead atoms. The van der Waals surface area contributed by atoms with Gasteiger partial charge in [0.25, 0.3) is 5.91 Å². The summed E-state index contributed by atoms with van der Waals surface area (Å²) < 4.78 is 0. The van der Waals surface area contributed by atoms with E-state index in [-0.39, 0.29) is 23.7 Å². The van der Waals surface area contributed by atoms with Gasteiger partial charge in [-0.05, 0) is 54.7 Å². The Kier molecular flexibility index (Phi) is 4.00. The van der Waals surface area contributed by atoms with E-state index in [1.54, 1.807) is 0 Å². The van der Waals surface area contributed by atoms with Crippen LogP contribution in [-0.2, 0) is 6.42 Å². The molecular formula is C17H23NO3. The number of fused-ring (bicyclic) bond motifs is 2. The monoisotopic (exact) mass is 289 g/mol. The van der Waals surface area contributed by atoms with Gasteiger partial charge in [0.15, 0.2) is 0 Å². The van der Waals surface area contributed by atoms with Gasteiger partial charge in [-0.2, -0.15) is 0 Å². The molecule has 0 radical (unpaired) electrons. The molecule has 5 atom stereocenters. The Morgan fingerprint density at radius 2 is 1.90 bits per heavy atom. The van der Waals surface area contributed by atoms with Crippen molar-refractivity contribution in [2.45, 2.75) is 38.4 Å². The van der Waals surface area contributed by atoms with Crippen LogP contribution in [0, 0.1) is 17.8 Å². The maximum absolute atomic E-state index is 12.1. The summed E-state index contributed by atoms with van der Waals surface area (Å²) in [4.78, 5) is 12.1. The summed E-state index contributed by atoms with van der Waals surface area (Å²) in [7, 11) is 0. The van der Waals surface area contributed by atoms with Crippen LogP contribution in [0.1, 0.15) is 35.7 Å². The molecule has 21 heavy (non-hydrogen) atoms. The van der Waals surface area contributed by atoms with Crippen molar-refractivity contribution in [3.05, 3.63) is 35.4 Å². The van der Waals surface area contributed by atoms with Crippen LogP contribution in [0.15, 0.2) is 24.3 Å². The van der Waals surface area contributed by atoms with E-state index in [2.05, 4.69) is 12.2 Å². The van der Waals surface area contributed by atoms with Crippen molar-refractivity contribution in [2.75, 3.05) is 6.54 Å². The first-order chi connectivity index (χ1) is 10.1. The quantitative estimate of drug-likeness (QED) is 0.784. The van der Waals surface area contributed by atoms with Crippen LogP contribution in [0.4, 0.5) is 0 Å². The zero-order chi connectivity index (χ0) is 15.0. The third-order valence-electron chi connectivity index (χ3n) is 5.21. The van der Waals surface area contributed by atoms with Crippen LogP contribution in [0.5, 0.6) is 0 Å². The van der Waals surface area contributed by atoms with Gasteiger partial charge in [-0.3, -0.25) is 4.79 Å². The van der Waals surface area contributed by atoms with Crippen LogP contribution in [-0.4, -0.2) is 34.9 Å². The average Bonchev–Trinajstić information content (AvgIpc) is 3.05. The molecule has 2 saturated carbocycles. The van der Waals surface area contributed by atoms with Crippen molar-refractivity contribution in [2.24, 2.45) is 17.8 Å². The Morgan fingerprint density at radius 1 is 1.19 bits per heavy atom. The molecule has 0 aliphatic heterocycles. The number of carbonyl (C=O) groups excluding carboxylic acids is 1. The van der Waals surface area contributed by atoms with Gasteiger partial charge < -0.3 is 15.5 Å². The molecule has 0 unspecified atom stereocenters. The number of nitrogens with one attached hydrogen (secondary N) is 1. The van der Waals surface area contributed by atoms with E-state index in [9.17, 15) is 15.0 Å². The molecule has 2 fully saturated rings. The maximum Gasteiger partial charge on any atom is 0.251 e. The Bertz CT molecular complexity index is 511. The fraction of sp³-hybridized carbons (Fsp3) is 0.588. The van der Waals surface area contributed by atoms with E-state index < -0.39 is 12.2 Å². The first-order valence-corrected chi connectivity index (χ1v) is 7.83. The largest absolute Gasteiger partial charge is 0.390 e. The van der Waals surface area contributed by atoms with Gasteiger partial charge in [-0.1, -0.05) is 19.1 Å². The van der Waals surface area contributed by atoms with Gasteiger partial charge in [0.2, 0.25) is 0 Å². The highest BCUT2D eigenvalue weighted by molar-refractivity contribution is 5.94. The molecule has 0 aromatic heterocycles. The first-order valence-electron chi connectivity index (χ1n) is 7.83. The molecule has 3 rings (SSSR count). The second-order valence-corrected chi connectivity index (χ2v) is 6.40. The number of aliphatic hydroxyl groups excluding tert-OH is 2. The van der Waals surface area contributed by atoms with Crippen molar-refractivity contribution < 1.29 is 15.0 Å². The second kappa shape index (κ2) is 5.78. The topological polar surface area (TPSA) is 69.6 Å². The molecule has 0 saturated heterocycles. The van der Waals surface area contributed by atoms with Crippen LogP contribution in [0.25, 0.3) is 0 Å². The highest BCUT2D eigenvalue weighted by Gasteiger charge is 2.51. The Morgan fingerprint density at radius 3 is 2.48 bits per heavy atom. The minimum absolute atomic E-state index is 0.0598. The third kappa shape index (κ3) is 2.70. The van der Waals surface area contributed by atoms with Crippen molar-refractivity contribution in [1.29, 1.82) is 0 Å². The molecule has 2 aliphatic rings. The first kappa shape index (κ1) is 14.5. The number of hydrogen-bond donors (Lipinski definition) is 3. The molecule has 1 aromatic carbocycles. The van der Waals surface area contributed by atoms with Gasteiger partial charge in [0, 0.05) is 12.1 Å². The van der Waals surface area contributed by atoms with Crippen LogP contribution in [0.2, 0.25) is 0 Å². The van der Waals surface area contributed by atoms with Crippen molar-refractivity contribution in [1.82, 2.24) is 5.32 Å². The van der Waals surface area contributed by atoms with Gasteiger partial charge in [-0.25, -0.2) is 0 Å². The number of rotatable bonds is 4. The molecule has 1 aromatic rings. The fourth-order valence-electron chi connectivity index (χ4n) is 3.88. The van der Waals surface area contributed by atoms with E-state index >= 15 is 0 Å². The number of carbonyl (C=O) groups is 1. The highest BCUT2D eigenvalue weighted by atomic mass is 16.3. The van der Waals surface area contributed by atoms with E-state index in [0.717, 1.165) is 19.3 Å². The molecule has 0 heterocycles. The minimum atomic E-state index is -0.616. The van der Waals surface area contributed by atoms with Gasteiger partial charge in [0.05, 0.1) is 12.2 Å². The summed E-state index contributed by atoms with van der Waals surface area (Å²) in [6.45, 7) is 2.67. The molecule has 3 N–H and O–H groups in total. The Balaban J connectivity index is 1.54. The molecule has 114 valence electrons. The second-order valence-electron chi connectivity index (χ2n) is 6.40. The lowest BCUT2D eigenvalue weighted by molar-refractivity contribution is -0.0332. The molecule has 4 nitrogen and oxygen atoms in total. The fourth-order valence-corrected chi connectivity index (χ4v) is 3.88. The van der Waals surface area contributed by atoms with E-state index in [0.29, 0.717) is 12.1 Å². The third-order valence-corrected chi connectivity index (χ3v) is 5.21. The summed E-state index contributed by atoms with van der Waals surface area (Å²) in [5.74, 6) is 0.561. The van der Waals surface area contributed by atoms with Crippen molar-refractivity contribution in [3.63, 3.8) is 0 Å². The summed E-state index contributed by atoms with van der Waals surface area (Å²) >= 11 is 0. The van der Waals surface area contributed by atoms with E-state index in [1.165, 1.54) is 5.56 Å². The van der Waals surface area contributed by atoms with Gasteiger partial charge in [0.1, 0.15) is 0 Å². The standard InChI is InChI=1S/C17H23NO3/c1-2-10-3-5-11(6-4-10)17(21)18-9-13-7-12-8-14(13)16(20)15(12)19/h3-6,12-16,19-20H,2,7-9H2,1H3,(H,18,21)/t12-,13-,14-,15+,16-/m0/s1. The highest BCUT2D eigenvalue weighted by Crippen LogP contribution is 2.48. The van der Waals surface area contributed by atoms with Gasteiger partial charge >= 0.3 is 0 Å². The molecular weight excluding hydrogens is 266 g/mol. The predicted molar refractivity (Wildman–Crippen MR) is 79.9 cm³/mol. The SMILES string of the molecule is CCc1ccc(C(=O)NC[C@@H]2C[C@H]3C[C@@H]2[C@H](O)[C@@H]3O)cc1. The zero-order valence-electron chi connectivity index (χ0n) is 12.3. The summed E-state index contributed by atoms with van der Waals surface area (Å²) in [5, 5.41) is 22.7. The molecule has 0 spiro atoms.